The molecule has 0 bridgehead atoms. The molecule has 5 nitrogen and oxygen atoms in total. The van der Waals surface area contributed by atoms with Gasteiger partial charge in [0.1, 0.15) is 12.4 Å². The predicted octanol–water partition coefficient (Wildman–Crippen LogP) is 1.35. The molecule has 1 aromatic carbocycles. The summed E-state index contributed by atoms with van der Waals surface area (Å²) in [5.74, 6) is 0.599. The molecule has 1 aliphatic rings. The van der Waals surface area contributed by atoms with Crippen molar-refractivity contribution in [1.29, 1.82) is 0 Å². The van der Waals surface area contributed by atoms with Crippen molar-refractivity contribution in [3.8, 4) is 5.75 Å². The minimum absolute atomic E-state index is 0.0508. The summed E-state index contributed by atoms with van der Waals surface area (Å²) < 4.78 is 55.3. The zero-order chi connectivity index (χ0) is 15.5. The van der Waals surface area contributed by atoms with E-state index in [0.717, 1.165) is 12.8 Å². The summed E-state index contributed by atoms with van der Waals surface area (Å²) in [5.41, 5.74) is 5.84. The van der Waals surface area contributed by atoms with E-state index in [4.69, 9.17) is 10.5 Å². The Kier molecular flexibility index (Phi) is 5.13. The fourth-order valence-corrected chi connectivity index (χ4v) is 2.93. The lowest BCUT2D eigenvalue weighted by Crippen LogP contribution is -2.38. The number of sulfonamides is 1. The van der Waals surface area contributed by atoms with E-state index in [1.807, 2.05) is 0 Å². The highest BCUT2D eigenvalue weighted by molar-refractivity contribution is 7.89. The van der Waals surface area contributed by atoms with Crippen molar-refractivity contribution in [1.82, 2.24) is 4.72 Å². The van der Waals surface area contributed by atoms with E-state index in [1.165, 1.54) is 24.3 Å². The summed E-state index contributed by atoms with van der Waals surface area (Å²) in [4.78, 5) is 0.0508. The molecule has 1 fully saturated rings. The summed E-state index contributed by atoms with van der Waals surface area (Å²) in [6.45, 7) is -0.531. The summed E-state index contributed by atoms with van der Waals surface area (Å²) in [7, 11) is -3.64. The molecule has 118 valence electrons. The monoisotopic (exact) mass is 320 g/mol. The summed E-state index contributed by atoms with van der Waals surface area (Å²) >= 11 is 0. The van der Waals surface area contributed by atoms with Crippen molar-refractivity contribution >= 4 is 10.0 Å². The zero-order valence-electron chi connectivity index (χ0n) is 11.3. The van der Waals surface area contributed by atoms with Crippen LogP contribution in [0.2, 0.25) is 0 Å². The van der Waals surface area contributed by atoms with Gasteiger partial charge in [-0.15, -0.1) is 0 Å². The topological polar surface area (TPSA) is 81.4 Å². The molecule has 0 spiro atoms. The first-order chi connectivity index (χ1) is 9.88. The predicted molar refractivity (Wildman–Crippen MR) is 73.8 cm³/mol. The molecule has 8 heteroatoms. The maximum absolute atomic E-state index is 12.0. The van der Waals surface area contributed by atoms with Crippen LogP contribution in [0.25, 0.3) is 0 Å². The van der Waals surface area contributed by atoms with Gasteiger partial charge in [0.15, 0.2) is 0 Å². The van der Waals surface area contributed by atoms with Gasteiger partial charge in [-0.05, 0) is 43.0 Å². The van der Waals surface area contributed by atoms with Gasteiger partial charge >= 0.3 is 0 Å². The Labute approximate surface area is 122 Å². The van der Waals surface area contributed by atoms with E-state index in [-0.39, 0.29) is 23.2 Å². The van der Waals surface area contributed by atoms with Crippen molar-refractivity contribution < 1.29 is 21.9 Å². The highest BCUT2D eigenvalue weighted by Crippen LogP contribution is 2.31. The maximum atomic E-state index is 12.0. The molecule has 2 rings (SSSR count). The molecule has 0 aliphatic heterocycles. The van der Waals surface area contributed by atoms with Crippen molar-refractivity contribution in [2.75, 3.05) is 13.2 Å². The van der Waals surface area contributed by atoms with Gasteiger partial charge in [0.05, 0.1) is 4.90 Å². The molecule has 1 aliphatic carbocycles. The van der Waals surface area contributed by atoms with Crippen molar-refractivity contribution in [2.45, 2.75) is 30.2 Å². The van der Waals surface area contributed by atoms with Crippen LogP contribution in [0.3, 0.4) is 0 Å². The van der Waals surface area contributed by atoms with Crippen LogP contribution >= 0.6 is 0 Å². The van der Waals surface area contributed by atoms with E-state index in [2.05, 4.69) is 4.72 Å². The van der Waals surface area contributed by atoms with Crippen LogP contribution in [0.5, 0.6) is 5.75 Å². The van der Waals surface area contributed by atoms with Crippen molar-refractivity contribution in [3.63, 3.8) is 0 Å². The number of nitrogens with one attached hydrogen (secondary N) is 1. The Morgan fingerprint density at radius 1 is 1.29 bits per heavy atom. The number of ether oxygens (including phenoxy) is 1. The Morgan fingerprint density at radius 3 is 2.43 bits per heavy atom. The normalized spacial score (nSPS) is 17.0. The molecule has 1 aromatic rings. The SMILES string of the molecule is NC(CNS(=O)(=O)c1ccc(OCC(F)F)cc1)C1CC1. The van der Waals surface area contributed by atoms with Crippen LogP contribution in [0, 0.1) is 5.92 Å². The van der Waals surface area contributed by atoms with E-state index < -0.39 is 23.1 Å². The van der Waals surface area contributed by atoms with Gasteiger partial charge in [-0.25, -0.2) is 21.9 Å². The van der Waals surface area contributed by atoms with E-state index >= 15 is 0 Å². The highest BCUT2D eigenvalue weighted by atomic mass is 32.2. The summed E-state index contributed by atoms with van der Waals surface area (Å²) in [6.07, 6.45) is -0.489. The van der Waals surface area contributed by atoms with Crippen LogP contribution in [-0.2, 0) is 10.0 Å². The van der Waals surface area contributed by atoms with Gasteiger partial charge in [-0.3, -0.25) is 0 Å². The molecule has 0 heterocycles. The first-order valence-corrected chi connectivity index (χ1v) is 8.13. The second-order valence-electron chi connectivity index (χ2n) is 5.03. The third-order valence-corrected chi connectivity index (χ3v) is 4.69. The lowest BCUT2D eigenvalue weighted by atomic mass is 10.2. The summed E-state index contributed by atoms with van der Waals surface area (Å²) in [6, 6.07) is 5.14. The highest BCUT2D eigenvalue weighted by Gasteiger charge is 2.29. The quantitative estimate of drug-likeness (QED) is 0.757. The lowest BCUT2D eigenvalue weighted by molar-refractivity contribution is 0.0819. The average molecular weight is 320 g/mol. The Balaban J connectivity index is 1.92. The Hall–Kier alpha value is -1.25. The first-order valence-electron chi connectivity index (χ1n) is 6.65. The molecule has 1 saturated carbocycles. The number of hydrogen-bond donors (Lipinski definition) is 2. The average Bonchev–Trinajstić information content (AvgIpc) is 3.27. The molecule has 0 saturated heterocycles. The Bertz CT molecular complexity index is 559. The summed E-state index contributed by atoms with van der Waals surface area (Å²) in [5, 5.41) is 0. The molecular weight excluding hydrogens is 302 g/mol. The molecule has 1 unspecified atom stereocenters. The minimum atomic E-state index is -3.64. The molecule has 0 radical (unpaired) electrons. The van der Waals surface area contributed by atoms with Crippen LogP contribution in [0.4, 0.5) is 8.78 Å². The lowest BCUT2D eigenvalue weighted by Gasteiger charge is -2.12. The zero-order valence-corrected chi connectivity index (χ0v) is 12.2. The van der Waals surface area contributed by atoms with Crippen LogP contribution in [0.1, 0.15) is 12.8 Å². The van der Waals surface area contributed by atoms with Gasteiger partial charge in [0, 0.05) is 12.6 Å². The third kappa shape index (κ3) is 4.90. The standard InChI is InChI=1S/C13H18F2N2O3S/c14-13(15)8-20-10-3-5-11(6-4-10)21(18,19)17-7-12(16)9-1-2-9/h3-6,9,12-13,17H,1-2,7-8,16H2. The van der Waals surface area contributed by atoms with Gasteiger partial charge in [0.25, 0.3) is 6.43 Å². The largest absolute Gasteiger partial charge is 0.488 e. The van der Waals surface area contributed by atoms with E-state index in [9.17, 15) is 17.2 Å². The molecular formula is C13H18F2N2O3S. The van der Waals surface area contributed by atoms with Gasteiger partial charge in [0.2, 0.25) is 10.0 Å². The fraction of sp³-hybridized carbons (Fsp3) is 0.538. The number of nitrogens with two attached hydrogens (primary N) is 1. The maximum Gasteiger partial charge on any atom is 0.272 e. The molecule has 0 amide bonds. The molecule has 1 atom stereocenters. The number of benzene rings is 1. The van der Waals surface area contributed by atoms with Crippen LogP contribution in [-0.4, -0.2) is 34.0 Å². The van der Waals surface area contributed by atoms with E-state index in [1.54, 1.807) is 0 Å². The number of halogens is 2. The molecule has 3 N–H and O–H groups in total. The molecule has 21 heavy (non-hydrogen) atoms. The number of alkyl halides is 2. The minimum Gasteiger partial charge on any atom is -0.488 e. The first kappa shape index (κ1) is 16.1. The van der Waals surface area contributed by atoms with Crippen LogP contribution in [0.15, 0.2) is 29.2 Å². The fourth-order valence-electron chi connectivity index (χ4n) is 1.85. The van der Waals surface area contributed by atoms with Gasteiger partial charge in [-0.2, -0.15) is 0 Å². The van der Waals surface area contributed by atoms with Gasteiger partial charge in [-0.1, -0.05) is 0 Å². The third-order valence-electron chi connectivity index (χ3n) is 3.25. The molecule has 0 aromatic heterocycles. The Morgan fingerprint density at radius 2 is 1.90 bits per heavy atom. The smallest absolute Gasteiger partial charge is 0.272 e. The number of rotatable bonds is 8. The van der Waals surface area contributed by atoms with E-state index in [0.29, 0.717) is 5.92 Å². The number of hydrogen-bond acceptors (Lipinski definition) is 4. The van der Waals surface area contributed by atoms with Crippen molar-refractivity contribution in [3.05, 3.63) is 24.3 Å². The van der Waals surface area contributed by atoms with Crippen LogP contribution < -0.4 is 15.2 Å². The van der Waals surface area contributed by atoms with Crippen molar-refractivity contribution in [2.24, 2.45) is 11.7 Å². The second-order valence-corrected chi connectivity index (χ2v) is 6.79. The van der Waals surface area contributed by atoms with Gasteiger partial charge < -0.3 is 10.5 Å². The second kappa shape index (κ2) is 6.67.